The first kappa shape index (κ1) is 21.1. The summed E-state index contributed by atoms with van der Waals surface area (Å²) in [6, 6.07) is 0. The normalized spacial score (nSPS) is 15.2. The van der Waals surface area contributed by atoms with Crippen LogP contribution in [0, 0.1) is 0 Å². The van der Waals surface area contributed by atoms with Crippen LogP contribution in [-0.4, -0.2) is 31.3 Å². The first-order chi connectivity index (χ1) is 7.46. The maximum atomic E-state index is 11.8. The first-order valence-corrected chi connectivity index (χ1v) is 3.55. The summed E-state index contributed by atoms with van der Waals surface area (Å²) in [5, 5.41) is 0. The molecule has 0 bridgehead atoms. The molecule has 15 heteroatoms. The van der Waals surface area contributed by atoms with Crippen molar-refractivity contribution in [1.29, 1.82) is 0 Å². The second-order valence-corrected chi connectivity index (χ2v) is 2.81. The van der Waals surface area contributed by atoms with Gasteiger partial charge in [0.2, 0.25) is 0 Å². The molecule has 0 amide bonds. The molecule has 0 aliphatic rings. The van der Waals surface area contributed by atoms with Crippen molar-refractivity contribution in [2.75, 3.05) is 0 Å². The number of hydrogen-bond acceptors (Lipinski definition) is 1. The van der Waals surface area contributed by atoms with Crippen molar-refractivity contribution < 1.29 is 76.0 Å². The van der Waals surface area contributed by atoms with E-state index in [1.807, 2.05) is 0 Å². The van der Waals surface area contributed by atoms with Crippen molar-refractivity contribution >= 4 is 7.18 Å². The van der Waals surface area contributed by atoms with Crippen LogP contribution < -0.4 is 18.9 Å². The quantitative estimate of drug-likeness (QED) is 0.541. The molecule has 19 heavy (non-hydrogen) atoms. The summed E-state index contributed by atoms with van der Waals surface area (Å²) in [4.78, 5) is 0. The second kappa shape index (κ2) is 5.29. The molecule has 0 aromatic heterocycles. The van der Waals surface area contributed by atoms with Crippen molar-refractivity contribution in [3.8, 4) is 0 Å². The van der Waals surface area contributed by atoms with Crippen LogP contribution in [0.15, 0.2) is 0 Å². The number of hydrogen-bond donors (Lipinski definition) is 0. The van der Waals surface area contributed by atoms with Crippen molar-refractivity contribution in [3.63, 3.8) is 0 Å². The molecule has 0 aliphatic carbocycles. The van der Waals surface area contributed by atoms with Crippen LogP contribution in [0.3, 0.4) is 0 Å². The molecule has 0 fully saturated rings. The predicted molar refractivity (Wildman–Crippen MR) is 31.1 cm³/mol. The van der Waals surface area contributed by atoms with Gasteiger partial charge in [-0.05, 0) is 0 Å². The van der Waals surface area contributed by atoms with E-state index in [1.54, 1.807) is 0 Å². The number of alkyl halides is 9. The van der Waals surface area contributed by atoms with Crippen LogP contribution in [0.2, 0.25) is 0 Å². The fourth-order valence-corrected chi connectivity index (χ4v) is 0.883. The van der Waals surface area contributed by atoms with Crippen LogP contribution in [0.5, 0.6) is 0 Å². The Balaban J connectivity index is 0. The summed E-state index contributed by atoms with van der Waals surface area (Å²) >= 11 is 0. The van der Waals surface area contributed by atoms with E-state index in [9.17, 15) is 52.5 Å². The standard InChI is InChI=1S/C4BF12O.Li/c6-2(7,8)1(3(9,10)11,4(12,13)14)18-5(15,16)17;/q-1;+1. The fraction of sp³-hybridized carbons (Fsp3) is 1.00. The number of rotatable bonds is 2. The average molecular weight is 310 g/mol. The van der Waals surface area contributed by atoms with Gasteiger partial charge in [-0.25, -0.2) is 0 Å². The Morgan fingerprint density at radius 2 is 0.789 bits per heavy atom. The zero-order valence-electron chi connectivity index (χ0n) is 8.52. The van der Waals surface area contributed by atoms with Crippen molar-refractivity contribution in [2.24, 2.45) is 0 Å². The third-order valence-corrected chi connectivity index (χ3v) is 1.51. The van der Waals surface area contributed by atoms with E-state index < -0.39 is 31.3 Å². The van der Waals surface area contributed by atoms with Gasteiger partial charge in [0, 0.05) is 0 Å². The summed E-state index contributed by atoms with van der Waals surface area (Å²) in [7, 11) is -7.47. The smallest absolute Gasteiger partial charge is 0.483 e. The Morgan fingerprint density at radius 3 is 0.842 bits per heavy atom. The molecule has 0 aromatic carbocycles. The van der Waals surface area contributed by atoms with E-state index in [0.717, 1.165) is 0 Å². The summed E-state index contributed by atoms with van der Waals surface area (Å²) in [5.74, 6) is 0. The van der Waals surface area contributed by atoms with E-state index in [-0.39, 0.29) is 18.9 Å². The van der Waals surface area contributed by atoms with E-state index in [0.29, 0.717) is 0 Å². The molecule has 0 saturated carbocycles. The molecule has 0 rings (SSSR count). The molecular formula is C4BF12LiO. The summed E-state index contributed by atoms with van der Waals surface area (Å²) in [6.07, 6.45) is -22.2. The predicted octanol–water partition coefficient (Wildman–Crippen LogP) is 0.777. The van der Waals surface area contributed by atoms with E-state index in [4.69, 9.17) is 0 Å². The van der Waals surface area contributed by atoms with Gasteiger partial charge in [0.05, 0.1) is 0 Å². The maximum absolute atomic E-state index is 11.8. The molecule has 110 valence electrons. The Hall–Kier alpha value is -0.218. The Morgan fingerprint density at radius 1 is 0.579 bits per heavy atom. The minimum atomic E-state index is -7.47. The average Bonchev–Trinajstić information content (AvgIpc) is 1.90. The Kier molecular flexibility index (Phi) is 5.87. The molecule has 0 atom stereocenters. The minimum absolute atomic E-state index is 0. The molecule has 0 spiro atoms. The van der Waals surface area contributed by atoms with Crippen molar-refractivity contribution in [3.05, 3.63) is 0 Å². The largest absolute Gasteiger partial charge is 1.00 e. The van der Waals surface area contributed by atoms with Gasteiger partial charge in [-0.2, -0.15) is 39.5 Å². The molecule has 0 unspecified atom stereocenters. The van der Waals surface area contributed by atoms with Crippen LogP contribution in [-0.2, 0) is 4.65 Å². The zero-order chi connectivity index (χ0) is 15.2. The topological polar surface area (TPSA) is 9.23 Å². The summed E-state index contributed by atoms with van der Waals surface area (Å²) in [5.41, 5.74) is -7.30. The second-order valence-electron chi connectivity index (χ2n) is 2.81. The van der Waals surface area contributed by atoms with Gasteiger partial charge in [0.1, 0.15) is 0 Å². The monoisotopic (exact) mass is 310 g/mol. The van der Waals surface area contributed by atoms with Crippen LogP contribution in [0.1, 0.15) is 0 Å². The summed E-state index contributed by atoms with van der Waals surface area (Å²) in [6.45, 7) is 0. The van der Waals surface area contributed by atoms with E-state index in [2.05, 4.69) is 0 Å². The molecule has 1 nitrogen and oxygen atoms in total. The Labute approximate surface area is 108 Å². The zero-order valence-corrected chi connectivity index (χ0v) is 8.52. The molecule has 0 aliphatic heterocycles. The molecule has 0 radical (unpaired) electrons. The maximum Gasteiger partial charge on any atom is 1.00 e. The van der Waals surface area contributed by atoms with Crippen molar-refractivity contribution in [2.45, 2.75) is 24.1 Å². The summed E-state index contributed by atoms with van der Waals surface area (Å²) < 4.78 is 142. The fourth-order valence-electron chi connectivity index (χ4n) is 0.883. The van der Waals surface area contributed by atoms with Gasteiger partial charge in [-0.15, -0.1) is 0 Å². The van der Waals surface area contributed by atoms with Gasteiger partial charge >= 0.3 is 50.2 Å². The molecule has 0 N–H and O–H groups in total. The third kappa shape index (κ3) is 4.12. The van der Waals surface area contributed by atoms with Gasteiger partial charge in [0.15, 0.2) is 0 Å². The van der Waals surface area contributed by atoms with Gasteiger partial charge in [-0.3, -0.25) is 0 Å². The molecule has 0 aromatic rings. The van der Waals surface area contributed by atoms with E-state index >= 15 is 0 Å². The minimum Gasteiger partial charge on any atom is -0.483 e. The van der Waals surface area contributed by atoms with Gasteiger partial charge < -0.3 is 17.6 Å². The van der Waals surface area contributed by atoms with Gasteiger partial charge in [0.25, 0.3) is 0 Å². The van der Waals surface area contributed by atoms with Crippen molar-refractivity contribution in [1.82, 2.24) is 0 Å². The molecule has 0 saturated heterocycles. The van der Waals surface area contributed by atoms with Crippen LogP contribution in [0.4, 0.5) is 52.5 Å². The number of halogens is 12. The van der Waals surface area contributed by atoms with Crippen LogP contribution in [0.25, 0.3) is 0 Å². The van der Waals surface area contributed by atoms with Gasteiger partial charge in [-0.1, -0.05) is 0 Å². The first-order valence-electron chi connectivity index (χ1n) is 3.55. The molecule has 0 heterocycles. The Bertz CT molecular complexity index is 261. The van der Waals surface area contributed by atoms with Crippen LogP contribution >= 0.6 is 0 Å². The van der Waals surface area contributed by atoms with E-state index in [1.165, 1.54) is 4.65 Å². The molecular weight excluding hydrogens is 310 g/mol. The SMILES string of the molecule is F[B-](F)(F)OC(C(F)(F)F)(C(F)(F)F)C(F)(F)F.[Li+]. The third-order valence-electron chi connectivity index (χ3n) is 1.51.